The van der Waals surface area contributed by atoms with E-state index in [9.17, 15) is 18.0 Å². The summed E-state index contributed by atoms with van der Waals surface area (Å²) in [6, 6.07) is 11.0. The molecule has 0 saturated carbocycles. The Balaban J connectivity index is 1.76. The van der Waals surface area contributed by atoms with Gasteiger partial charge in [-0.15, -0.1) is 0 Å². The average Bonchev–Trinajstić information content (AvgIpc) is 3.06. The van der Waals surface area contributed by atoms with Gasteiger partial charge < -0.3 is 4.57 Å². The number of rotatable bonds is 5. The van der Waals surface area contributed by atoms with Gasteiger partial charge in [0, 0.05) is 37.2 Å². The molecule has 1 aromatic carbocycles. The van der Waals surface area contributed by atoms with Crippen LogP contribution in [0.15, 0.2) is 59.8 Å². The van der Waals surface area contributed by atoms with Crippen molar-refractivity contribution in [1.82, 2.24) is 24.7 Å². The van der Waals surface area contributed by atoms with E-state index in [0.29, 0.717) is 11.3 Å². The van der Waals surface area contributed by atoms with Gasteiger partial charge in [0.15, 0.2) is 0 Å². The largest absolute Gasteiger partial charge is 0.316 e. The van der Waals surface area contributed by atoms with Crippen molar-refractivity contribution in [2.24, 2.45) is 0 Å². The molecule has 3 aromatic rings. The molecular formula is C21H23N5O4S. The Labute approximate surface area is 180 Å². The van der Waals surface area contributed by atoms with Gasteiger partial charge in [-0.3, -0.25) is 25.4 Å². The monoisotopic (exact) mass is 441 g/mol. The van der Waals surface area contributed by atoms with Crippen molar-refractivity contribution in [3.63, 3.8) is 0 Å². The number of benzene rings is 1. The van der Waals surface area contributed by atoms with Crippen LogP contribution in [0.2, 0.25) is 0 Å². The fourth-order valence-corrected chi connectivity index (χ4v) is 4.09. The molecular weight excluding hydrogens is 418 g/mol. The number of hydrazine groups is 1. The summed E-state index contributed by atoms with van der Waals surface area (Å²) in [4.78, 5) is 29.2. The van der Waals surface area contributed by atoms with E-state index < -0.39 is 21.8 Å². The highest BCUT2D eigenvalue weighted by Crippen LogP contribution is 2.20. The molecule has 2 aromatic heterocycles. The first-order valence-electron chi connectivity index (χ1n) is 9.35. The molecule has 2 amide bonds. The van der Waals surface area contributed by atoms with Gasteiger partial charge in [0.1, 0.15) is 0 Å². The molecule has 0 aliphatic carbocycles. The predicted octanol–water partition coefficient (Wildman–Crippen LogP) is 1.81. The van der Waals surface area contributed by atoms with Crippen LogP contribution in [-0.4, -0.2) is 48.2 Å². The van der Waals surface area contributed by atoms with Crippen LogP contribution in [0, 0.1) is 13.8 Å². The minimum absolute atomic E-state index is 0.0171. The first-order valence-corrected chi connectivity index (χ1v) is 10.8. The summed E-state index contributed by atoms with van der Waals surface area (Å²) >= 11 is 0. The van der Waals surface area contributed by atoms with E-state index in [1.165, 1.54) is 38.4 Å². The van der Waals surface area contributed by atoms with Gasteiger partial charge >= 0.3 is 0 Å². The second-order valence-electron chi connectivity index (χ2n) is 7.05. The average molecular weight is 442 g/mol. The Kier molecular flexibility index (Phi) is 6.23. The summed E-state index contributed by atoms with van der Waals surface area (Å²) in [5.74, 6) is -1.13. The lowest BCUT2D eigenvalue weighted by Crippen LogP contribution is -2.41. The van der Waals surface area contributed by atoms with Crippen LogP contribution in [0.4, 0.5) is 0 Å². The molecule has 0 saturated heterocycles. The van der Waals surface area contributed by atoms with Gasteiger partial charge in [-0.25, -0.2) is 12.7 Å². The molecule has 2 heterocycles. The number of nitrogens with one attached hydrogen (secondary N) is 2. The summed E-state index contributed by atoms with van der Waals surface area (Å²) in [6.45, 7) is 3.67. The third-order valence-corrected chi connectivity index (χ3v) is 6.56. The second kappa shape index (κ2) is 8.70. The van der Waals surface area contributed by atoms with Gasteiger partial charge in [-0.2, -0.15) is 0 Å². The maximum Gasteiger partial charge on any atom is 0.271 e. The number of aryl methyl sites for hydroxylation is 1. The summed E-state index contributed by atoms with van der Waals surface area (Å²) < 4.78 is 27.5. The molecule has 0 atom stereocenters. The number of sulfonamides is 1. The molecule has 9 nitrogen and oxygen atoms in total. The number of nitrogens with zero attached hydrogens (tertiary/aromatic N) is 3. The molecule has 3 rings (SSSR count). The van der Waals surface area contributed by atoms with Crippen molar-refractivity contribution < 1.29 is 18.0 Å². The summed E-state index contributed by atoms with van der Waals surface area (Å²) in [6.07, 6.45) is 3.36. The molecule has 0 bridgehead atoms. The van der Waals surface area contributed by atoms with Crippen molar-refractivity contribution in [2.75, 3.05) is 14.1 Å². The first-order chi connectivity index (χ1) is 14.6. The highest BCUT2D eigenvalue weighted by atomic mass is 32.2. The lowest BCUT2D eigenvalue weighted by atomic mass is 10.2. The van der Waals surface area contributed by atoms with Crippen LogP contribution in [0.5, 0.6) is 0 Å². The van der Waals surface area contributed by atoms with E-state index in [-0.39, 0.29) is 10.5 Å². The number of hydrogen-bond acceptors (Lipinski definition) is 5. The lowest BCUT2D eigenvalue weighted by Gasteiger charge is -2.12. The van der Waals surface area contributed by atoms with Crippen LogP contribution < -0.4 is 10.9 Å². The molecule has 0 spiro atoms. The minimum Gasteiger partial charge on any atom is -0.316 e. The SMILES string of the molecule is Cc1cc(C(=O)NNC(=O)c2cccc(S(=O)(=O)N(C)C)c2)c(C)n1-c1cccnc1. The van der Waals surface area contributed by atoms with E-state index >= 15 is 0 Å². The Morgan fingerprint density at radius 2 is 1.71 bits per heavy atom. The van der Waals surface area contributed by atoms with E-state index in [0.717, 1.165) is 15.7 Å². The molecule has 0 fully saturated rings. The van der Waals surface area contributed by atoms with E-state index in [2.05, 4.69) is 15.8 Å². The maximum atomic E-state index is 12.7. The second-order valence-corrected chi connectivity index (χ2v) is 9.21. The van der Waals surface area contributed by atoms with Crippen LogP contribution in [0.3, 0.4) is 0 Å². The zero-order valence-electron chi connectivity index (χ0n) is 17.6. The molecule has 162 valence electrons. The molecule has 31 heavy (non-hydrogen) atoms. The van der Waals surface area contributed by atoms with E-state index in [1.807, 2.05) is 17.6 Å². The molecule has 2 N–H and O–H groups in total. The fourth-order valence-electron chi connectivity index (χ4n) is 3.14. The summed E-state index contributed by atoms with van der Waals surface area (Å²) in [5, 5.41) is 0. The van der Waals surface area contributed by atoms with Crippen molar-refractivity contribution in [3.05, 3.63) is 77.4 Å². The number of hydrogen-bond donors (Lipinski definition) is 2. The van der Waals surface area contributed by atoms with Crippen LogP contribution in [0.25, 0.3) is 5.69 Å². The Morgan fingerprint density at radius 1 is 1.00 bits per heavy atom. The van der Waals surface area contributed by atoms with Crippen molar-refractivity contribution in [3.8, 4) is 5.69 Å². The van der Waals surface area contributed by atoms with Gasteiger partial charge in [-0.05, 0) is 50.2 Å². The first kappa shape index (κ1) is 22.2. The zero-order valence-corrected chi connectivity index (χ0v) is 18.4. The van der Waals surface area contributed by atoms with E-state index in [4.69, 9.17) is 0 Å². The van der Waals surface area contributed by atoms with Gasteiger partial charge in [0.2, 0.25) is 10.0 Å². The normalized spacial score (nSPS) is 11.4. The Bertz CT molecular complexity index is 1230. The highest BCUT2D eigenvalue weighted by molar-refractivity contribution is 7.89. The van der Waals surface area contributed by atoms with Crippen molar-refractivity contribution in [2.45, 2.75) is 18.7 Å². The number of amides is 2. The van der Waals surface area contributed by atoms with Crippen molar-refractivity contribution in [1.29, 1.82) is 0 Å². The van der Waals surface area contributed by atoms with Gasteiger partial charge in [-0.1, -0.05) is 6.07 Å². The van der Waals surface area contributed by atoms with Crippen LogP contribution >= 0.6 is 0 Å². The zero-order chi connectivity index (χ0) is 22.8. The molecule has 0 radical (unpaired) electrons. The Hall–Kier alpha value is -3.50. The third kappa shape index (κ3) is 4.49. The number of carbonyl (C=O) groups is 2. The quantitative estimate of drug-likeness (QED) is 0.587. The van der Waals surface area contributed by atoms with Crippen LogP contribution in [0.1, 0.15) is 32.1 Å². The smallest absolute Gasteiger partial charge is 0.271 e. The predicted molar refractivity (Wildman–Crippen MR) is 115 cm³/mol. The summed E-state index contributed by atoms with van der Waals surface area (Å²) in [5.41, 5.74) is 7.56. The van der Waals surface area contributed by atoms with Crippen molar-refractivity contribution >= 4 is 21.8 Å². The molecule has 0 aliphatic rings. The topological polar surface area (TPSA) is 113 Å². The van der Waals surface area contributed by atoms with Crippen LogP contribution in [-0.2, 0) is 10.0 Å². The number of pyridine rings is 1. The van der Waals surface area contributed by atoms with Gasteiger partial charge in [0.25, 0.3) is 11.8 Å². The Morgan fingerprint density at radius 3 is 2.35 bits per heavy atom. The standard InChI is InChI=1S/C21H23N5O4S/c1-14-11-19(15(2)26(14)17-8-6-10-22-13-17)21(28)24-23-20(27)16-7-5-9-18(12-16)31(29,30)25(3)4/h5-13H,1-4H3,(H,23,27)(H,24,28). The number of carbonyl (C=O) groups excluding carboxylic acids is 2. The maximum absolute atomic E-state index is 12.7. The van der Waals surface area contributed by atoms with Gasteiger partial charge in [0.05, 0.1) is 22.3 Å². The van der Waals surface area contributed by atoms with E-state index in [1.54, 1.807) is 31.5 Å². The summed E-state index contributed by atoms with van der Waals surface area (Å²) in [7, 11) is -0.869. The fraction of sp³-hybridized carbons (Fsp3) is 0.190. The minimum atomic E-state index is -3.68. The number of aromatic nitrogens is 2. The molecule has 0 aliphatic heterocycles. The molecule has 10 heteroatoms. The molecule has 0 unspecified atom stereocenters. The third-order valence-electron chi connectivity index (χ3n) is 4.74. The lowest BCUT2D eigenvalue weighted by molar-refractivity contribution is 0.0846. The highest BCUT2D eigenvalue weighted by Gasteiger charge is 2.20.